The molecule has 0 amide bonds. The molecule has 3 N–H and O–H groups in total. The molecule has 0 aromatic carbocycles. The van der Waals surface area contributed by atoms with Gasteiger partial charge in [-0.3, -0.25) is 5.10 Å². The van der Waals surface area contributed by atoms with E-state index in [1.807, 2.05) is 0 Å². The highest BCUT2D eigenvalue weighted by Gasteiger charge is 1.95. The molecule has 2 rings (SSSR count). The third kappa shape index (κ3) is 0.604. The van der Waals surface area contributed by atoms with Gasteiger partial charge in [-0.1, -0.05) is 0 Å². The lowest BCUT2D eigenvalue weighted by Gasteiger charge is -1.87. The number of fused-ring (bicyclic) bond motifs is 1. The molecule has 0 fully saturated rings. The van der Waals surface area contributed by atoms with Crippen molar-refractivity contribution in [1.82, 2.24) is 20.2 Å². The summed E-state index contributed by atoms with van der Waals surface area (Å²) in [6.45, 7) is 0. The van der Waals surface area contributed by atoms with E-state index in [9.17, 15) is 0 Å². The first-order chi connectivity index (χ1) is 4.86. The van der Waals surface area contributed by atoms with Crippen LogP contribution in [0, 0.1) is 0 Å². The van der Waals surface area contributed by atoms with Crippen LogP contribution in [0.25, 0.3) is 11.0 Å². The van der Waals surface area contributed by atoms with Crippen LogP contribution in [0.3, 0.4) is 0 Å². The van der Waals surface area contributed by atoms with Crippen LogP contribution in [0.4, 0.5) is 5.95 Å². The van der Waals surface area contributed by atoms with Crippen molar-refractivity contribution in [3.63, 3.8) is 0 Å². The van der Waals surface area contributed by atoms with E-state index in [-0.39, 0.29) is 5.95 Å². The van der Waals surface area contributed by atoms with Crippen molar-refractivity contribution in [3.8, 4) is 0 Å². The molecule has 0 radical (unpaired) electrons. The molecule has 0 atom stereocenters. The maximum absolute atomic E-state index is 5.32. The van der Waals surface area contributed by atoms with Crippen molar-refractivity contribution < 1.29 is 0 Å². The van der Waals surface area contributed by atoms with Crippen molar-refractivity contribution in [2.45, 2.75) is 0 Å². The van der Waals surface area contributed by atoms with Gasteiger partial charge in [0.1, 0.15) is 11.0 Å². The molecule has 2 aromatic rings. The number of nitrogens with two attached hydrogens (primary N) is 1. The molecule has 0 aliphatic heterocycles. The van der Waals surface area contributed by atoms with Gasteiger partial charge in [0.15, 0.2) is 0 Å². The second-order valence-corrected chi connectivity index (χ2v) is 1.90. The molecule has 0 aliphatic rings. The van der Waals surface area contributed by atoms with Crippen LogP contribution in [-0.4, -0.2) is 20.2 Å². The zero-order valence-electron chi connectivity index (χ0n) is 5.07. The number of nitrogens with one attached hydrogen (secondary N) is 1. The monoisotopic (exact) mass is 135 g/mol. The molecule has 0 unspecified atom stereocenters. The predicted molar refractivity (Wildman–Crippen MR) is 36.1 cm³/mol. The highest BCUT2D eigenvalue weighted by atomic mass is 15.1. The van der Waals surface area contributed by atoms with E-state index in [1.54, 1.807) is 12.4 Å². The summed E-state index contributed by atoms with van der Waals surface area (Å²) in [5, 5.41) is 6.48. The molecule has 2 heterocycles. The van der Waals surface area contributed by atoms with Gasteiger partial charge in [0, 0.05) is 0 Å². The molecule has 0 aliphatic carbocycles. The van der Waals surface area contributed by atoms with Gasteiger partial charge >= 0.3 is 0 Å². The second kappa shape index (κ2) is 1.66. The van der Waals surface area contributed by atoms with Crippen LogP contribution in [-0.2, 0) is 0 Å². The maximum atomic E-state index is 5.32. The van der Waals surface area contributed by atoms with Gasteiger partial charge in [-0.2, -0.15) is 5.10 Å². The number of nitrogen functional groups attached to an aromatic ring is 1. The van der Waals surface area contributed by atoms with E-state index in [0.29, 0.717) is 0 Å². The number of hydrogen-bond acceptors (Lipinski definition) is 4. The van der Waals surface area contributed by atoms with Crippen LogP contribution >= 0.6 is 0 Å². The van der Waals surface area contributed by atoms with E-state index < -0.39 is 0 Å². The number of anilines is 1. The smallest absolute Gasteiger partial charge is 0.220 e. The molecule has 10 heavy (non-hydrogen) atoms. The minimum absolute atomic E-state index is 0.272. The van der Waals surface area contributed by atoms with E-state index in [2.05, 4.69) is 20.2 Å². The van der Waals surface area contributed by atoms with E-state index >= 15 is 0 Å². The summed E-state index contributed by atoms with van der Waals surface area (Å²) in [5.41, 5.74) is 6.86. The Balaban J connectivity index is 2.86. The summed E-state index contributed by atoms with van der Waals surface area (Å²) in [6, 6.07) is 0. The predicted octanol–water partition coefficient (Wildman–Crippen LogP) is -0.0649. The highest BCUT2D eigenvalue weighted by molar-refractivity contribution is 5.72. The summed E-state index contributed by atoms with van der Waals surface area (Å²) < 4.78 is 0. The fourth-order valence-corrected chi connectivity index (χ4v) is 0.757. The Morgan fingerprint density at radius 3 is 3.20 bits per heavy atom. The van der Waals surface area contributed by atoms with Crippen LogP contribution in [0.1, 0.15) is 0 Å². The quantitative estimate of drug-likeness (QED) is 0.530. The van der Waals surface area contributed by atoms with Crippen molar-refractivity contribution in [1.29, 1.82) is 0 Å². The molecule has 0 bridgehead atoms. The molecule has 0 saturated carbocycles. The summed E-state index contributed by atoms with van der Waals surface area (Å²) in [6.07, 6.45) is 3.21. The molecule has 2 aromatic heterocycles. The number of rotatable bonds is 0. The summed E-state index contributed by atoms with van der Waals surface area (Å²) in [7, 11) is 0. The van der Waals surface area contributed by atoms with Gasteiger partial charge in [0.25, 0.3) is 0 Å². The van der Waals surface area contributed by atoms with Gasteiger partial charge in [-0.15, -0.1) is 0 Å². The topological polar surface area (TPSA) is 80.5 Å². The third-order valence-electron chi connectivity index (χ3n) is 1.21. The first-order valence-corrected chi connectivity index (χ1v) is 2.78. The number of aromatic amines is 1. The van der Waals surface area contributed by atoms with Crippen molar-refractivity contribution >= 4 is 17.0 Å². The molecule has 0 saturated heterocycles. The Bertz CT molecular complexity index is 352. The van der Waals surface area contributed by atoms with Gasteiger partial charge in [-0.25, -0.2) is 9.97 Å². The molecular weight excluding hydrogens is 130 g/mol. The maximum Gasteiger partial charge on any atom is 0.220 e. The van der Waals surface area contributed by atoms with Crippen molar-refractivity contribution in [2.75, 3.05) is 5.73 Å². The Labute approximate surface area is 56.3 Å². The lowest BCUT2D eigenvalue weighted by molar-refractivity contribution is 1.11. The fraction of sp³-hybridized carbons (Fsp3) is 0. The van der Waals surface area contributed by atoms with Gasteiger partial charge in [0.05, 0.1) is 12.4 Å². The average molecular weight is 135 g/mol. The first-order valence-electron chi connectivity index (χ1n) is 2.78. The summed E-state index contributed by atoms with van der Waals surface area (Å²) in [5.74, 6) is 0.272. The highest BCUT2D eigenvalue weighted by Crippen LogP contribution is 2.04. The third-order valence-corrected chi connectivity index (χ3v) is 1.21. The number of hydrogen-bond donors (Lipinski definition) is 2. The molecule has 0 spiro atoms. The Hall–Kier alpha value is -1.65. The molecule has 5 heteroatoms. The van der Waals surface area contributed by atoms with Crippen LogP contribution in [0.15, 0.2) is 12.4 Å². The van der Waals surface area contributed by atoms with E-state index in [0.717, 1.165) is 11.0 Å². The van der Waals surface area contributed by atoms with Crippen LogP contribution in [0.5, 0.6) is 0 Å². The number of aromatic nitrogens is 4. The largest absolute Gasteiger partial charge is 0.368 e. The van der Waals surface area contributed by atoms with E-state index in [4.69, 9.17) is 5.73 Å². The van der Waals surface area contributed by atoms with Gasteiger partial charge in [-0.05, 0) is 0 Å². The average Bonchev–Trinajstić information content (AvgIpc) is 2.33. The Morgan fingerprint density at radius 2 is 2.30 bits per heavy atom. The second-order valence-electron chi connectivity index (χ2n) is 1.90. The van der Waals surface area contributed by atoms with Crippen LogP contribution < -0.4 is 5.73 Å². The SMILES string of the molecule is Nc1ncc2[nH]ncc2n1. The zero-order chi connectivity index (χ0) is 6.97. The molecule has 5 nitrogen and oxygen atoms in total. The lowest BCUT2D eigenvalue weighted by atomic mass is 10.5. The Kier molecular flexibility index (Phi) is 0.858. The number of nitrogens with zero attached hydrogens (tertiary/aromatic N) is 3. The first kappa shape index (κ1) is 5.16. The van der Waals surface area contributed by atoms with Gasteiger partial charge in [0.2, 0.25) is 5.95 Å². The minimum Gasteiger partial charge on any atom is -0.368 e. The standard InChI is InChI=1S/C5H5N5/c6-5-7-1-4-3(9-5)2-8-10-4/h1-2H,(H,8,10)(H2,6,7,9). The number of H-pyrrole nitrogens is 1. The molecule has 50 valence electrons. The van der Waals surface area contributed by atoms with Crippen molar-refractivity contribution in [3.05, 3.63) is 12.4 Å². The zero-order valence-corrected chi connectivity index (χ0v) is 5.07. The fourth-order valence-electron chi connectivity index (χ4n) is 0.757. The van der Waals surface area contributed by atoms with E-state index in [1.165, 1.54) is 0 Å². The lowest BCUT2D eigenvalue weighted by Crippen LogP contribution is -1.92. The Morgan fingerprint density at radius 1 is 1.40 bits per heavy atom. The van der Waals surface area contributed by atoms with Crippen molar-refractivity contribution in [2.24, 2.45) is 0 Å². The summed E-state index contributed by atoms with van der Waals surface area (Å²) >= 11 is 0. The van der Waals surface area contributed by atoms with Crippen LogP contribution in [0.2, 0.25) is 0 Å². The minimum atomic E-state index is 0.272. The summed E-state index contributed by atoms with van der Waals surface area (Å²) in [4.78, 5) is 7.68. The normalized spacial score (nSPS) is 10.4. The molecular formula is C5H5N5. The van der Waals surface area contributed by atoms with Gasteiger partial charge < -0.3 is 5.73 Å².